The standard InChI is InChI=1S/C11H25NO2S/c1-6-12-9-11(4,5)7-8-15(13,14)10(2)3/h10,12H,6-9H2,1-5H3. The van der Waals surface area contributed by atoms with Crippen molar-refractivity contribution in [3.63, 3.8) is 0 Å². The van der Waals surface area contributed by atoms with Gasteiger partial charge < -0.3 is 5.32 Å². The molecule has 0 aromatic rings. The number of rotatable bonds is 7. The molecule has 0 saturated heterocycles. The van der Waals surface area contributed by atoms with Crippen molar-refractivity contribution in [2.75, 3.05) is 18.8 Å². The first-order chi connectivity index (χ1) is 6.71. The smallest absolute Gasteiger partial charge is 0.152 e. The molecule has 15 heavy (non-hydrogen) atoms. The molecule has 0 saturated carbocycles. The lowest BCUT2D eigenvalue weighted by molar-refractivity contribution is 0.332. The molecule has 0 aliphatic carbocycles. The van der Waals surface area contributed by atoms with E-state index < -0.39 is 9.84 Å². The zero-order valence-corrected chi connectivity index (χ0v) is 11.4. The summed E-state index contributed by atoms with van der Waals surface area (Å²) in [5.41, 5.74) is 0.0535. The molecule has 0 heterocycles. The number of nitrogens with one attached hydrogen (secondary N) is 1. The average molecular weight is 235 g/mol. The topological polar surface area (TPSA) is 46.2 Å². The van der Waals surface area contributed by atoms with Gasteiger partial charge in [0.15, 0.2) is 9.84 Å². The third-order valence-electron chi connectivity index (χ3n) is 2.64. The molecule has 3 nitrogen and oxygen atoms in total. The van der Waals surface area contributed by atoms with Crippen molar-refractivity contribution < 1.29 is 8.42 Å². The van der Waals surface area contributed by atoms with Crippen LogP contribution in [-0.2, 0) is 9.84 Å². The maximum absolute atomic E-state index is 11.6. The minimum atomic E-state index is -2.88. The fraction of sp³-hybridized carbons (Fsp3) is 1.00. The number of hydrogen-bond donors (Lipinski definition) is 1. The molecular formula is C11H25NO2S. The number of hydrogen-bond acceptors (Lipinski definition) is 3. The Morgan fingerprint density at radius 1 is 1.27 bits per heavy atom. The van der Waals surface area contributed by atoms with Gasteiger partial charge in [0.25, 0.3) is 0 Å². The lowest BCUT2D eigenvalue weighted by atomic mass is 9.90. The molecule has 0 aliphatic heterocycles. The van der Waals surface area contributed by atoms with E-state index in [0.29, 0.717) is 5.75 Å². The maximum atomic E-state index is 11.6. The quantitative estimate of drug-likeness (QED) is 0.732. The van der Waals surface area contributed by atoms with Gasteiger partial charge in [-0.15, -0.1) is 0 Å². The maximum Gasteiger partial charge on any atom is 0.152 e. The van der Waals surface area contributed by atoms with E-state index in [9.17, 15) is 8.42 Å². The second kappa shape index (κ2) is 5.85. The zero-order valence-electron chi connectivity index (χ0n) is 10.6. The van der Waals surface area contributed by atoms with Gasteiger partial charge in [0, 0.05) is 6.54 Å². The van der Waals surface area contributed by atoms with Gasteiger partial charge in [0.1, 0.15) is 0 Å². The van der Waals surface area contributed by atoms with Crippen LogP contribution >= 0.6 is 0 Å². The minimum absolute atomic E-state index is 0.0535. The van der Waals surface area contributed by atoms with E-state index in [1.165, 1.54) is 0 Å². The summed E-state index contributed by atoms with van der Waals surface area (Å²) in [6, 6.07) is 0. The Balaban J connectivity index is 4.14. The minimum Gasteiger partial charge on any atom is -0.316 e. The van der Waals surface area contributed by atoms with E-state index in [0.717, 1.165) is 19.5 Å². The number of sulfone groups is 1. The molecule has 4 heteroatoms. The molecule has 0 fully saturated rings. The van der Waals surface area contributed by atoms with Gasteiger partial charge in [-0.2, -0.15) is 0 Å². The van der Waals surface area contributed by atoms with Crippen molar-refractivity contribution in [3.05, 3.63) is 0 Å². The first kappa shape index (κ1) is 14.9. The summed E-state index contributed by atoms with van der Waals surface area (Å²) in [5.74, 6) is 0.295. The molecule has 0 atom stereocenters. The molecule has 92 valence electrons. The van der Waals surface area contributed by atoms with Crippen molar-refractivity contribution in [3.8, 4) is 0 Å². The second-order valence-electron chi connectivity index (χ2n) is 5.11. The Morgan fingerprint density at radius 2 is 1.80 bits per heavy atom. The Hall–Kier alpha value is -0.0900. The average Bonchev–Trinajstić information content (AvgIpc) is 2.12. The molecule has 0 rings (SSSR count). The normalized spacial score (nSPS) is 13.5. The van der Waals surface area contributed by atoms with Crippen molar-refractivity contribution >= 4 is 9.84 Å². The molecule has 0 bridgehead atoms. The molecule has 0 aromatic heterocycles. The van der Waals surface area contributed by atoms with Gasteiger partial charge in [-0.3, -0.25) is 0 Å². The van der Waals surface area contributed by atoms with Crippen LogP contribution in [0, 0.1) is 5.41 Å². The highest BCUT2D eigenvalue weighted by atomic mass is 32.2. The van der Waals surface area contributed by atoms with Crippen LogP contribution in [0.2, 0.25) is 0 Å². The molecule has 0 aromatic carbocycles. The van der Waals surface area contributed by atoms with E-state index in [2.05, 4.69) is 26.1 Å². The van der Waals surface area contributed by atoms with Gasteiger partial charge in [0.2, 0.25) is 0 Å². The van der Waals surface area contributed by atoms with Crippen LogP contribution in [0.15, 0.2) is 0 Å². The predicted octanol–water partition coefficient (Wildman–Crippen LogP) is 1.84. The zero-order chi connectivity index (χ0) is 12.1. The Bertz CT molecular complexity index is 268. The summed E-state index contributed by atoms with van der Waals surface area (Å²) < 4.78 is 23.3. The van der Waals surface area contributed by atoms with E-state index in [-0.39, 0.29) is 10.7 Å². The van der Waals surface area contributed by atoms with E-state index >= 15 is 0 Å². The fourth-order valence-electron chi connectivity index (χ4n) is 1.21. The van der Waals surface area contributed by atoms with Crippen LogP contribution in [0.25, 0.3) is 0 Å². The van der Waals surface area contributed by atoms with E-state index in [1.807, 2.05) is 0 Å². The summed E-state index contributed by atoms with van der Waals surface area (Å²) in [6.07, 6.45) is 0.723. The van der Waals surface area contributed by atoms with Crippen molar-refractivity contribution in [1.29, 1.82) is 0 Å². The van der Waals surface area contributed by atoms with Crippen LogP contribution in [-0.4, -0.2) is 32.5 Å². The monoisotopic (exact) mass is 235 g/mol. The Morgan fingerprint density at radius 3 is 2.20 bits per heavy atom. The fourth-order valence-corrected chi connectivity index (χ4v) is 2.51. The van der Waals surface area contributed by atoms with E-state index in [1.54, 1.807) is 13.8 Å². The van der Waals surface area contributed by atoms with Crippen LogP contribution in [0.3, 0.4) is 0 Å². The Labute approximate surface area is 94.6 Å². The molecule has 0 unspecified atom stereocenters. The summed E-state index contributed by atoms with van der Waals surface area (Å²) in [4.78, 5) is 0. The first-order valence-corrected chi connectivity index (χ1v) is 7.35. The SMILES string of the molecule is CCNCC(C)(C)CCS(=O)(=O)C(C)C. The Kier molecular flexibility index (Phi) is 5.81. The summed E-state index contributed by atoms with van der Waals surface area (Å²) in [7, 11) is -2.88. The second-order valence-corrected chi connectivity index (χ2v) is 7.79. The molecular weight excluding hydrogens is 210 g/mol. The molecule has 0 spiro atoms. The van der Waals surface area contributed by atoms with Crippen LogP contribution < -0.4 is 5.32 Å². The van der Waals surface area contributed by atoms with Crippen LogP contribution in [0.5, 0.6) is 0 Å². The van der Waals surface area contributed by atoms with Gasteiger partial charge >= 0.3 is 0 Å². The first-order valence-electron chi connectivity index (χ1n) is 5.63. The van der Waals surface area contributed by atoms with Crippen molar-refractivity contribution in [2.24, 2.45) is 5.41 Å². The van der Waals surface area contributed by atoms with Gasteiger partial charge in [-0.1, -0.05) is 20.8 Å². The molecule has 0 aliphatic rings. The van der Waals surface area contributed by atoms with Crippen LogP contribution in [0.1, 0.15) is 41.0 Å². The van der Waals surface area contributed by atoms with Crippen molar-refractivity contribution in [2.45, 2.75) is 46.3 Å². The molecule has 0 radical (unpaired) electrons. The lowest BCUT2D eigenvalue weighted by Crippen LogP contribution is -2.32. The van der Waals surface area contributed by atoms with Gasteiger partial charge in [-0.05, 0) is 32.2 Å². The molecule has 0 amide bonds. The van der Waals surface area contributed by atoms with Gasteiger partial charge in [0.05, 0.1) is 11.0 Å². The highest BCUT2D eigenvalue weighted by Crippen LogP contribution is 2.21. The van der Waals surface area contributed by atoms with E-state index in [4.69, 9.17) is 0 Å². The van der Waals surface area contributed by atoms with Crippen LogP contribution in [0.4, 0.5) is 0 Å². The highest BCUT2D eigenvalue weighted by Gasteiger charge is 2.23. The largest absolute Gasteiger partial charge is 0.316 e. The predicted molar refractivity (Wildman–Crippen MR) is 65.9 cm³/mol. The third kappa shape index (κ3) is 6.15. The summed E-state index contributed by atoms with van der Waals surface area (Å²) in [6.45, 7) is 11.6. The summed E-state index contributed by atoms with van der Waals surface area (Å²) in [5, 5.41) is 3.00. The van der Waals surface area contributed by atoms with Crippen molar-refractivity contribution in [1.82, 2.24) is 5.32 Å². The highest BCUT2D eigenvalue weighted by molar-refractivity contribution is 7.91. The van der Waals surface area contributed by atoms with Gasteiger partial charge in [-0.25, -0.2) is 8.42 Å². The summed E-state index contributed by atoms with van der Waals surface area (Å²) >= 11 is 0. The molecule has 1 N–H and O–H groups in total. The lowest BCUT2D eigenvalue weighted by Gasteiger charge is -2.25. The third-order valence-corrected chi connectivity index (χ3v) is 4.84.